The molecule has 168 valence electrons. The molecule has 1 heterocycles. The van der Waals surface area contributed by atoms with E-state index in [0.717, 1.165) is 16.9 Å². The summed E-state index contributed by atoms with van der Waals surface area (Å²) in [6, 6.07) is 24.9. The molecule has 0 spiro atoms. The van der Waals surface area contributed by atoms with Gasteiger partial charge in [0, 0.05) is 5.56 Å². The van der Waals surface area contributed by atoms with Crippen LogP contribution in [0.25, 0.3) is 6.08 Å². The van der Waals surface area contributed by atoms with E-state index in [-0.39, 0.29) is 5.91 Å². The van der Waals surface area contributed by atoms with Crippen molar-refractivity contribution in [2.75, 3.05) is 18.6 Å². The summed E-state index contributed by atoms with van der Waals surface area (Å²) < 4.78 is 11.6. The Morgan fingerprint density at radius 1 is 0.970 bits per heavy atom. The van der Waals surface area contributed by atoms with Gasteiger partial charge in [-0.15, -0.1) is 0 Å². The second kappa shape index (κ2) is 10.4. The van der Waals surface area contributed by atoms with Gasteiger partial charge in [0.05, 0.1) is 30.0 Å². The smallest absolute Gasteiger partial charge is 0.271 e. The van der Waals surface area contributed by atoms with Gasteiger partial charge >= 0.3 is 0 Å². The van der Waals surface area contributed by atoms with E-state index in [0.29, 0.717) is 34.1 Å². The van der Waals surface area contributed by atoms with E-state index >= 15 is 0 Å². The zero-order valence-electron chi connectivity index (χ0n) is 18.9. The van der Waals surface area contributed by atoms with Gasteiger partial charge in [0.1, 0.15) is 0 Å². The Hall–Kier alpha value is -3.51. The van der Waals surface area contributed by atoms with Crippen LogP contribution in [0.2, 0.25) is 0 Å². The van der Waals surface area contributed by atoms with E-state index in [4.69, 9.17) is 14.5 Å². The number of amidine groups is 1. The van der Waals surface area contributed by atoms with E-state index in [2.05, 4.69) is 13.8 Å². The van der Waals surface area contributed by atoms with Gasteiger partial charge in [-0.25, -0.2) is 4.99 Å². The van der Waals surface area contributed by atoms with Gasteiger partial charge in [-0.3, -0.25) is 9.69 Å². The number of carbonyl (C=O) groups is 1. The van der Waals surface area contributed by atoms with Crippen LogP contribution in [0.1, 0.15) is 19.4 Å². The lowest BCUT2D eigenvalue weighted by Crippen LogP contribution is -2.28. The Bertz CT molecular complexity index is 1170. The summed E-state index contributed by atoms with van der Waals surface area (Å²) in [7, 11) is 1.62. The third kappa shape index (κ3) is 5.29. The fraction of sp³-hybridized carbons (Fsp3) is 0.185. The van der Waals surface area contributed by atoms with Gasteiger partial charge in [0.2, 0.25) is 0 Å². The second-order valence-corrected chi connectivity index (χ2v) is 8.91. The molecule has 3 aromatic carbocycles. The Morgan fingerprint density at radius 3 is 2.33 bits per heavy atom. The zero-order valence-corrected chi connectivity index (χ0v) is 19.7. The molecule has 0 unspecified atom stereocenters. The van der Waals surface area contributed by atoms with E-state index < -0.39 is 0 Å². The lowest BCUT2D eigenvalue weighted by atomic mass is 10.1. The maximum absolute atomic E-state index is 13.5. The predicted octanol–water partition coefficient (Wildman–Crippen LogP) is 6.54. The van der Waals surface area contributed by atoms with Crippen LogP contribution in [-0.2, 0) is 4.79 Å². The molecule has 0 radical (unpaired) electrons. The lowest BCUT2D eigenvalue weighted by molar-refractivity contribution is -0.113. The van der Waals surface area contributed by atoms with Crippen LogP contribution >= 0.6 is 11.8 Å². The SMILES string of the molecule is COc1cccc(/C=C2/SC(=Nc3ccccc3)N(c3ccccc3)C2=O)c1OCC(C)C. The number of methoxy groups -OCH3 is 1. The highest BCUT2D eigenvalue weighted by molar-refractivity contribution is 8.19. The van der Waals surface area contributed by atoms with Gasteiger partial charge in [0.25, 0.3) is 5.91 Å². The predicted molar refractivity (Wildman–Crippen MR) is 136 cm³/mol. The molecule has 1 amide bonds. The zero-order chi connectivity index (χ0) is 23.2. The number of hydrogen-bond acceptors (Lipinski definition) is 5. The summed E-state index contributed by atoms with van der Waals surface area (Å²) >= 11 is 1.35. The van der Waals surface area contributed by atoms with Crippen molar-refractivity contribution in [3.63, 3.8) is 0 Å². The summed E-state index contributed by atoms with van der Waals surface area (Å²) in [6.45, 7) is 4.73. The minimum atomic E-state index is -0.126. The van der Waals surface area contributed by atoms with Crippen LogP contribution in [0.5, 0.6) is 11.5 Å². The highest BCUT2D eigenvalue weighted by atomic mass is 32.2. The Kier molecular flexibility index (Phi) is 7.15. The molecule has 3 aromatic rings. The van der Waals surface area contributed by atoms with Crippen LogP contribution in [0.15, 0.2) is 88.8 Å². The van der Waals surface area contributed by atoms with Crippen LogP contribution in [-0.4, -0.2) is 24.8 Å². The van der Waals surface area contributed by atoms with Crippen LogP contribution in [0, 0.1) is 5.92 Å². The molecule has 1 aliphatic heterocycles. The number of carbonyl (C=O) groups excluding carboxylic acids is 1. The van der Waals surface area contributed by atoms with E-state index in [9.17, 15) is 4.79 Å². The van der Waals surface area contributed by atoms with Crippen molar-refractivity contribution in [1.29, 1.82) is 0 Å². The van der Waals surface area contributed by atoms with Crippen molar-refractivity contribution in [1.82, 2.24) is 0 Å². The van der Waals surface area contributed by atoms with Crippen LogP contribution < -0.4 is 14.4 Å². The molecule has 5 nitrogen and oxygen atoms in total. The number of thioether (sulfide) groups is 1. The summed E-state index contributed by atoms with van der Waals surface area (Å²) in [4.78, 5) is 20.5. The number of amides is 1. The molecule has 0 atom stereocenters. The maximum atomic E-state index is 13.5. The van der Waals surface area contributed by atoms with Crippen LogP contribution in [0.3, 0.4) is 0 Å². The Balaban J connectivity index is 1.76. The molecule has 1 aliphatic rings. The van der Waals surface area contributed by atoms with Gasteiger partial charge < -0.3 is 9.47 Å². The molecule has 0 aromatic heterocycles. The van der Waals surface area contributed by atoms with Gasteiger partial charge in [-0.1, -0.05) is 62.4 Å². The normalized spacial score (nSPS) is 16.1. The largest absolute Gasteiger partial charge is 0.493 e. The first-order valence-electron chi connectivity index (χ1n) is 10.8. The summed E-state index contributed by atoms with van der Waals surface area (Å²) in [5, 5.41) is 0.608. The Morgan fingerprint density at radius 2 is 1.67 bits per heavy atom. The minimum Gasteiger partial charge on any atom is -0.493 e. The van der Waals surface area contributed by atoms with Gasteiger partial charge in [0.15, 0.2) is 16.7 Å². The van der Waals surface area contributed by atoms with Crippen LogP contribution in [0.4, 0.5) is 11.4 Å². The molecule has 4 rings (SSSR count). The van der Waals surface area contributed by atoms with Crippen molar-refractivity contribution < 1.29 is 14.3 Å². The van der Waals surface area contributed by atoms with Gasteiger partial charge in [-0.05, 0) is 54.1 Å². The summed E-state index contributed by atoms with van der Waals surface area (Å²) in [5.41, 5.74) is 2.35. The maximum Gasteiger partial charge on any atom is 0.271 e. The fourth-order valence-electron chi connectivity index (χ4n) is 3.32. The molecular weight excluding hydrogens is 432 g/mol. The molecule has 0 saturated carbocycles. The van der Waals surface area contributed by atoms with Gasteiger partial charge in [-0.2, -0.15) is 0 Å². The highest BCUT2D eigenvalue weighted by Crippen LogP contribution is 2.40. The van der Waals surface area contributed by atoms with E-state index in [1.54, 1.807) is 12.0 Å². The average Bonchev–Trinajstić information content (AvgIpc) is 3.13. The van der Waals surface area contributed by atoms with Crippen molar-refractivity contribution >= 4 is 40.3 Å². The number of hydrogen-bond donors (Lipinski definition) is 0. The summed E-state index contributed by atoms with van der Waals surface area (Å²) in [5.74, 6) is 1.50. The Labute approximate surface area is 198 Å². The lowest BCUT2D eigenvalue weighted by Gasteiger charge is -2.16. The second-order valence-electron chi connectivity index (χ2n) is 7.90. The minimum absolute atomic E-state index is 0.126. The number of benzene rings is 3. The number of ether oxygens (including phenoxy) is 2. The molecular formula is C27H26N2O3S. The monoisotopic (exact) mass is 458 g/mol. The molecule has 6 heteroatoms. The average molecular weight is 459 g/mol. The molecule has 33 heavy (non-hydrogen) atoms. The highest BCUT2D eigenvalue weighted by Gasteiger charge is 2.35. The number of aliphatic imine (C=N–C) groups is 1. The molecule has 1 saturated heterocycles. The number of rotatable bonds is 7. The number of nitrogens with zero attached hydrogens (tertiary/aromatic N) is 2. The number of para-hydroxylation sites is 3. The molecule has 0 bridgehead atoms. The van der Waals surface area contributed by atoms with Crippen molar-refractivity contribution in [2.45, 2.75) is 13.8 Å². The third-order valence-corrected chi connectivity index (χ3v) is 5.85. The fourth-order valence-corrected chi connectivity index (χ4v) is 4.31. The quantitative estimate of drug-likeness (QED) is 0.377. The van der Waals surface area contributed by atoms with Crippen molar-refractivity contribution in [3.05, 3.63) is 89.3 Å². The van der Waals surface area contributed by atoms with Crippen molar-refractivity contribution in [3.8, 4) is 11.5 Å². The topological polar surface area (TPSA) is 51.1 Å². The standard InChI is InChI=1S/C27H26N2O3S/c1-19(2)18-32-25-20(11-10-16-23(25)31-3)17-24-26(30)29(22-14-8-5-9-15-22)27(33-24)28-21-12-6-4-7-13-21/h4-17,19H,18H2,1-3H3/b24-17+,28-27?. The first-order chi connectivity index (χ1) is 16.1. The van der Waals surface area contributed by atoms with Crippen molar-refractivity contribution in [2.24, 2.45) is 10.9 Å². The third-order valence-electron chi connectivity index (χ3n) is 4.88. The molecule has 1 fully saturated rings. The first kappa shape index (κ1) is 22.7. The van der Waals surface area contributed by atoms with E-state index in [1.165, 1.54) is 11.8 Å². The van der Waals surface area contributed by atoms with E-state index in [1.807, 2.05) is 84.9 Å². The molecule has 0 N–H and O–H groups in total. The number of anilines is 1. The first-order valence-corrected chi connectivity index (χ1v) is 11.6. The molecule has 0 aliphatic carbocycles. The summed E-state index contributed by atoms with van der Waals surface area (Å²) in [6.07, 6.45) is 1.86.